The van der Waals surface area contributed by atoms with Crippen LogP contribution in [0.5, 0.6) is 5.75 Å². The Morgan fingerprint density at radius 3 is 3.00 bits per heavy atom. The first-order valence-electron chi connectivity index (χ1n) is 6.66. The highest BCUT2D eigenvalue weighted by atomic mass is 16.5. The zero-order valence-electron chi connectivity index (χ0n) is 11.7. The van der Waals surface area contributed by atoms with Crippen LogP contribution in [0.4, 0.5) is 0 Å². The molecule has 0 atom stereocenters. The van der Waals surface area contributed by atoms with E-state index in [0.29, 0.717) is 28.4 Å². The first-order valence-corrected chi connectivity index (χ1v) is 6.66. The van der Waals surface area contributed by atoms with Gasteiger partial charge in [0.05, 0.1) is 18.4 Å². The Morgan fingerprint density at radius 2 is 2.18 bits per heavy atom. The summed E-state index contributed by atoms with van der Waals surface area (Å²) in [6.45, 7) is 0. The predicted octanol–water partition coefficient (Wildman–Crippen LogP) is 2.51. The molecule has 0 fully saturated rings. The van der Waals surface area contributed by atoms with Gasteiger partial charge in [0.1, 0.15) is 11.3 Å². The number of rotatable bonds is 2. The van der Waals surface area contributed by atoms with E-state index in [4.69, 9.17) is 9.15 Å². The quantitative estimate of drug-likeness (QED) is 0.531. The van der Waals surface area contributed by atoms with E-state index >= 15 is 0 Å². The van der Waals surface area contributed by atoms with Crippen molar-refractivity contribution >= 4 is 16.7 Å². The summed E-state index contributed by atoms with van der Waals surface area (Å²) in [4.78, 5) is 20.7. The highest BCUT2D eigenvalue weighted by Gasteiger charge is 2.12. The number of imidazole rings is 1. The zero-order valence-corrected chi connectivity index (χ0v) is 11.7. The number of hydrogen-bond donors (Lipinski definition) is 0. The molecule has 6 nitrogen and oxygen atoms in total. The van der Waals surface area contributed by atoms with Crippen molar-refractivity contribution in [1.82, 2.24) is 14.4 Å². The monoisotopic (exact) mass is 293 g/mol. The third-order valence-corrected chi connectivity index (χ3v) is 3.45. The smallest absolute Gasteiger partial charge is 0.345 e. The number of fused-ring (bicyclic) bond motifs is 2. The lowest BCUT2D eigenvalue weighted by molar-refractivity contribution is 0.415. The maximum absolute atomic E-state index is 12.2. The molecule has 0 aliphatic rings. The van der Waals surface area contributed by atoms with Crippen molar-refractivity contribution < 1.29 is 9.15 Å². The number of hydrogen-bond acceptors (Lipinski definition) is 5. The van der Waals surface area contributed by atoms with E-state index in [9.17, 15) is 4.79 Å². The Kier molecular flexibility index (Phi) is 2.69. The second kappa shape index (κ2) is 4.70. The van der Waals surface area contributed by atoms with Crippen LogP contribution in [0.2, 0.25) is 0 Å². The lowest BCUT2D eigenvalue weighted by atomic mass is 10.1. The summed E-state index contributed by atoms with van der Waals surface area (Å²) in [5, 5.41) is 0.777. The number of benzene rings is 1. The summed E-state index contributed by atoms with van der Waals surface area (Å²) >= 11 is 0. The summed E-state index contributed by atoms with van der Waals surface area (Å²) in [6, 6.07) is 8.83. The van der Waals surface area contributed by atoms with Crippen LogP contribution in [0, 0.1) is 0 Å². The van der Waals surface area contributed by atoms with Crippen LogP contribution < -0.4 is 10.4 Å². The fourth-order valence-corrected chi connectivity index (χ4v) is 2.37. The Hall–Kier alpha value is -3.15. The normalized spacial score (nSPS) is 11.1. The largest absolute Gasteiger partial charge is 0.497 e. The standard InChI is InChI=1S/C16H11N3O3/c1-21-11-3-4-14-10(7-11)8-12(15(20)22-14)13-9-19-6-2-5-17-16(19)18-13/h2-9H,1H3. The van der Waals surface area contributed by atoms with Gasteiger partial charge in [0.2, 0.25) is 5.78 Å². The number of nitrogens with zero attached hydrogens (tertiary/aromatic N) is 3. The first-order chi connectivity index (χ1) is 10.7. The summed E-state index contributed by atoms with van der Waals surface area (Å²) < 4.78 is 12.3. The zero-order chi connectivity index (χ0) is 15.1. The molecular formula is C16H11N3O3. The fourth-order valence-electron chi connectivity index (χ4n) is 2.37. The van der Waals surface area contributed by atoms with Crippen molar-refractivity contribution in [3.05, 3.63) is 59.3 Å². The molecule has 108 valence electrons. The summed E-state index contributed by atoms with van der Waals surface area (Å²) in [5.74, 6) is 1.23. The molecule has 0 N–H and O–H groups in total. The van der Waals surface area contributed by atoms with E-state index < -0.39 is 5.63 Å². The van der Waals surface area contributed by atoms with Crippen molar-refractivity contribution in [3.63, 3.8) is 0 Å². The van der Waals surface area contributed by atoms with Crippen molar-refractivity contribution in [1.29, 1.82) is 0 Å². The van der Waals surface area contributed by atoms with Gasteiger partial charge in [-0.15, -0.1) is 0 Å². The van der Waals surface area contributed by atoms with Crippen LogP contribution in [0.3, 0.4) is 0 Å². The molecule has 0 aliphatic heterocycles. The Bertz CT molecular complexity index is 1020. The van der Waals surface area contributed by atoms with Crippen LogP contribution in [0.15, 0.2) is 58.1 Å². The van der Waals surface area contributed by atoms with E-state index in [1.165, 1.54) is 0 Å². The highest BCUT2D eigenvalue weighted by Crippen LogP contribution is 2.24. The second-order valence-corrected chi connectivity index (χ2v) is 4.80. The third-order valence-electron chi connectivity index (χ3n) is 3.45. The number of methoxy groups -OCH3 is 1. The molecule has 0 amide bonds. The SMILES string of the molecule is COc1ccc2oc(=O)c(-c3cn4cccnc4n3)cc2c1. The minimum absolute atomic E-state index is 0.395. The van der Waals surface area contributed by atoms with Gasteiger partial charge < -0.3 is 9.15 Å². The molecule has 4 aromatic rings. The summed E-state index contributed by atoms with van der Waals surface area (Å²) in [7, 11) is 1.59. The van der Waals surface area contributed by atoms with Gasteiger partial charge in [-0.05, 0) is 30.3 Å². The number of ether oxygens (including phenoxy) is 1. The summed E-state index contributed by atoms with van der Waals surface area (Å²) in [5.41, 5.74) is 1.00. The molecule has 3 heterocycles. The molecule has 0 radical (unpaired) electrons. The highest BCUT2D eigenvalue weighted by molar-refractivity contribution is 5.82. The van der Waals surface area contributed by atoms with E-state index in [1.807, 2.05) is 12.3 Å². The van der Waals surface area contributed by atoms with Gasteiger partial charge >= 0.3 is 5.63 Å². The van der Waals surface area contributed by atoms with E-state index in [0.717, 1.165) is 5.39 Å². The summed E-state index contributed by atoms with van der Waals surface area (Å²) in [6.07, 6.45) is 5.23. The molecule has 22 heavy (non-hydrogen) atoms. The van der Waals surface area contributed by atoms with Crippen LogP contribution in [-0.2, 0) is 0 Å². The maximum atomic E-state index is 12.2. The van der Waals surface area contributed by atoms with E-state index in [2.05, 4.69) is 9.97 Å². The molecule has 3 aromatic heterocycles. The lowest BCUT2D eigenvalue weighted by Crippen LogP contribution is -2.02. The lowest BCUT2D eigenvalue weighted by Gasteiger charge is -2.02. The number of aromatic nitrogens is 3. The molecule has 0 aliphatic carbocycles. The minimum atomic E-state index is -0.430. The molecule has 0 unspecified atom stereocenters. The van der Waals surface area contributed by atoms with Gasteiger partial charge in [0, 0.05) is 24.0 Å². The first kappa shape index (κ1) is 12.6. The van der Waals surface area contributed by atoms with Gasteiger partial charge in [0.15, 0.2) is 0 Å². The average Bonchev–Trinajstić information content (AvgIpc) is 2.97. The van der Waals surface area contributed by atoms with Crippen molar-refractivity contribution in [2.45, 2.75) is 0 Å². The van der Waals surface area contributed by atoms with Gasteiger partial charge in [-0.25, -0.2) is 14.8 Å². The van der Waals surface area contributed by atoms with Crippen molar-refractivity contribution in [3.8, 4) is 17.0 Å². The molecule has 0 bridgehead atoms. The molecule has 0 saturated carbocycles. The molecule has 0 saturated heterocycles. The van der Waals surface area contributed by atoms with Crippen LogP contribution in [-0.4, -0.2) is 21.5 Å². The molecule has 4 rings (SSSR count). The predicted molar refractivity (Wildman–Crippen MR) is 81.0 cm³/mol. The van der Waals surface area contributed by atoms with E-state index in [1.54, 1.807) is 48.2 Å². The Morgan fingerprint density at radius 1 is 1.27 bits per heavy atom. The topological polar surface area (TPSA) is 69.6 Å². The van der Waals surface area contributed by atoms with Gasteiger partial charge in [-0.2, -0.15) is 0 Å². The van der Waals surface area contributed by atoms with Crippen LogP contribution in [0.25, 0.3) is 28.0 Å². The fraction of sp³-hybridized carbons (Fsp3) is 0.0625. The van der Waals surface area contributed by atoms with Gasteiger partial charge in [-0.1, -0.05) is 0 Å². The molecule has 6 heteroatoms. The van der Waals surface area contributed by atoms with E-state index in [-0.39, 0.29) is 0 Å². The maximum Gasteiger partial charge on any atom is 0.345 e. The second-order valence-electron chi connectivity index (χ2n) is 4.80. The Balaban J connectivity index is 1.96. The molecule has 0 spiro atoms. The van der Waals surface area contributed by atoms with Crippen LogP contribution in [0.1, 0.15) is 0 Å². The van der Waals surface area contributed by atoms with Crippen molar-refractivity contribution in [2.24, 2.45) is 0 Å². The third kappa shape index (κ3) is 1.93. The molecule has 1 aromatic carbocycles. The van der Waals surface area contributed by atoms with Gasteiger partial charge in [0.25, 0.3) is 0 Å². The minimum Gasteiger partial charge on any atom is -0.497 e. The average molecular weight is 293 g/mol. The van der Waals surface area contributed by atoms with Gasteiger partial charge in [-0.3, -0.25) is 4.40 Å². The van der Waals surface area contributed by atoms with Crippen molar-refractivity contribution in [2.75, 3.05) is 7.11 Å². The van der Waals surface area contributed by atoms with Crippen LogP contribution >= 0.6 is 0 Å². The molecular weight excluding hydrogens is 282 g/mol. The Labute approximate surface area is 124 Å².